The third-order valence-corrected chi connectivity index (χ3v) is 5.79. The first-order valence-corrected chi connectivity index (χ1v) is 8.28. The van der Waals surface area contributed by atoms with Crippen LogP contribution in [0.25, 0.3) is 0 Å². The lowest BCUT2D eigenvalue weighted by molar-refractivity contribution is -0.141. The molecule has 1 aliphatic heterocycles. The first-order chi connectivity index (χ1) is 10.2. The molecule has 1 aromatic heterocycles. The molecule has 0 spiro atoms. The highest BCUT2D eigenvalue weighted by Crippen LogP contribution is 2.31. The van der Waals surface area contributed by atoms with Gasteiger partial charge in [0.05, 0.1) is 12.6 Å². The highest BCUT2D eigenvalue weighted by molar-refractivity contribution is 7.89. The van der Waals surface area contributed by atoms with E-state index in [9.17, 15) is 26.7 Å². The van der Waals surface area contributed by atoms with Gasteiger partial charge in [0.25, 0.3) is 0 Å². The Labute approximate surface area is 126 Å². The molecule has 0 saturated carbocycles. The predicted octanol–water partition coefficient (Wildman–Crippen LogP) is 1.88. The molecule has 1 N–H and O–H groups in total. The number of nitrogens with zero attached hydrogens (tertiary/aromatic N) is 2. The van der Waals surface area contributed by atoms with Gasteiger partial charge in [0.2, 0.25) is 10.0 Å². The van der Waals surface area contributed by atoms with Gasteiger partial charge in [0.15, 0.2) is 0 Å². The molecule has 9 heteroatoms. The molecule has 0 amide bonds. The van der Waals surface area contributed by atoms with E-state index in [0.717, 1.165) is 16.8 Å². The van der Waals surface area contributed by atoms with Gasteiger partial charge in [-0.2, -0.15) is 17.5 Å². The Morgan fingerprint density at radius 2 is 2.09 bits per heavy atom. The molecule has 0 radical (unpaired) electrons. The van der Waals surface area contributed by atoms with Crippen molar-refractivity contribution in [1.29, 1.82) is 0 Å². The Bertz CT molecular complexity index is 616. The number of hydrogen-bond acceptors (Lipinski definition) is 4. The number of halogens is 3. The molecule has 2 rings (SSSR count). The SMILES string of the molecule is C[C@@H]1CCCN(S(=O)(=O)c2ccc(C(F)(F)F)nc2)[C@H]1CO. The molecule has 0 bridgehead atoms. The third kappa shape index (κ3) is 3.26. The van der Waals surface area contributed by atoms with Crippen LogP contribution in [0.1, 0.15) is 25.5 Å². The summed E-state index contributed by atoms with van der Waals surface area (Å²) in [6.45, 7) is 1.75. The largest absolute Gasteiger partial charge is 0.433 e. The summed E-state index contributed by atoms with van der Waals surface area (Å²) >= 11 is 0. The number of rotatable bonds is 3. The summed E-state index contributed by atoms with van der Waals surface area (Å²) in [6.07, 6.45) is -2.46. The van der Waals surface area contributed by atoms with Crippen LogP contribution >= 0.6 is 0 Å². The van der Waals surface area contributed by atoms with E-state index in [0.29, 0.717) is 18.7 Å². The third-order valence-electron chi connectivity index (χ3n) is 3.89. The van der Waals surface area contributed by atoms with Gasteiger partial charge in [-0.15, -0.1) is 0 Å². The maximum atomic E-state index is 12.6. The monoisotopic (exact) mass is 338 g/mol. The molecule has 22 heavy (non-hydrogen) atoms. The van der Waals surface area contributed by atoms with Gasteiger partial charge in [-0.25, -0.2) is 8.42 Å². The summed E-state index contributed by atoms with van der Waals surface area (Å²) in [5, 5.41) is 9.42. The minimum Gasteiger partial charge on any atom is -0.395 e. The van der Waals surface area contributed by atoms with Crippen LogP contribution in [0, 0.1) is 5.92 Å². The molecule has 1 saturated heterocycles. The number of aromatic nitrogens is 1. The van der Waals surface area contributed by atoms with Crippen LogP contribution in [0.4, 0.5) is 13.2 Å². The molecule has 1 aliphatic rings. The van der Waals surface area contributed by atoms with Gasteiger partial charge in [-0.05, 0) is 30.9 Å². The topological polar surface area (TPSA) is 70.5 Å². The highest BCUT2D eigenvalue weighted by Gasteiger charge is 2.38. The number of aliphatic hydroxyl groups is 1. The lowest BCUT2D eigenvalue weighted by Crippen LogP contribution is -2.49. The minimum absolute atomic E-state index is 0.0177. The van der Waals surface area contributed by atoms with Crippen molar-refractivity contribution in [3.8, 4) is 0 Å². The van der Waals surface area contributed by atoms with Crippen LogP contribution in [0.2, 0.25) is 0 Å². The quantitative estimate of drug-likeness (QED) is 0.914. The Morgan fingerprint density at radius 3 is 2.59 bits per heavy atom. The van der Waals surface area contributed by atoms with Crippen LogP contribution in [-0.4, -0.2) is 42.0 Å². The van der Waals surface area contributed by atoms with Gasteiger partial charge in [-0.1, -0.05) is 6.92 Å². The number of alkyl halides is 3. The van der Waals surface area contributed by atoms with E-state index in [-0.39, 0.29) is 24.0 Å². The molecule has 2 atom stereocenters. The zero-order valence-electron chi connectivity index (χ0n) is 11.9. The zero-order chi connectivity index (χ0) is 16.5. The van der Waals surface area contributed by atoms with Crippen molar-refractivity contribution < 1.29 is 26.7 Å². The molecule has 0 aromatic carbocycles. The second-order valence-corrected chi connectivity index (χ2v) is 7.25. The maximum Gasteiger partial charge on any atom is 0.433 e. The average Bonchev–Trinajstić information content (AvgIpc) is 2.46. The fourth-order valence-corrected chi connectivity index (χ4v) is 4.31. The Morgan fingerprint density at radius 1 is 1.41 bits per heavy atom. The lowest BCUT2D eigenvalue weighted by Gasteiger charge is -2.37. The van der Waals surface area contributed by atoms with Gasteiger partial charge >= 0.3 is 6.18 Å². The van der Waals surface area contributed by atoms with Crippen molar-refractivity contribution >= 4 is 10.0 Å². The van der Waals surface area contributed by atoms with Gasteiger partial charge in [0.1, 0.15) is 10.6 Å². The molecule has 1 fully saturated rings. The first kappa shape index (κ1) is 17.2. The normalized spacial score (nSPS) is 24.4. The maximum absolute atomic E-state index is 12.6. The van der Waals surface area contributed by atoms with E-state index in [2.05, 4.69) is 4.98 Å². The summed E-state index contributed by atoms with van der Waals surface area (Å²) in [5.41, 5.74) is -1.14. The van der Waals surface area contributed by atoms with Crippen LogP contribution in [-0.2, 0) is 16.2 Å². The standard InChI is InChI=1S/C13H17F3N2O3S/c1-9-3-2-6-18(11(9)8-19)22(20,21)10-4-5-12(17-7-10)13(14,15)16/h4-5,7,9,11,19H,2-3,6,8H2,1H3/t9-,11+/m1/s1. The molecular formula is C13H17F3N2O3S. The molecule has 2 heterocycles. The second kappa shape index (κ2) is 6.13. The van der Waals surface area contributed by atoms with Crippen LogP contribution in [0.5, 0.6) is 0 Å². The van der Waals surface area contributed by atoms with Crippen molar-refractivity contribution in [2.45, 2.75) is 36.9 Å². The average molecular weight is 338 g/mol. The van der Waals surface area contributed by atoms with Crippen molar-refractivity contribution in [3.63, 3.8) is 0 Å². The smallest absolute Gasteiger partial charge is 0.395 e. The van der Waals surface area contributed by atoms with Gasteiger partial charge < -0.3 is 5.11 Å². The summed E-state index contributed by atoms with van der Waals surface area (Å²) in [7, 11) is -3.97. The van der Waals surface area contributed by atoms with E-state index in [1.165, 1.54) is 0 Å². The Balaban J connectivity index is 2.33. The molecular weight excluding hydrogens is 321 g/mol. The van der Waals surface area contributed by atoms with E-state index < -0.39 is 27.9 Å². The molecule has 0 aliphatic carbocycles. The lowest BCUT2D eigenvalue weighted by atomic mass is 9.93. The van der Waals surface area contributed by atoms with E-state index in [4.69, 9.17) is 0 Å². The fraction of sp³-hybridized carbons (Fsp3) is 0.615. The Kier molecular flexibility index (Phi) is 4.78. The van der Waals surface area contributed by atoms with Crippen molar-refractivity contribution in [3.05, 3.63) is 24.0 Å². The Hall–Kier alpha value is -1.19. The van der Waals surface area contributed by atoms with E-state index >= 15 is 0 Å². The number of piperidine rings is 1. The number of aliphatic hydroxyl groups excluding tert-OH is 1. The summed E-state index contributed by atoms with van der Waals surface area (Å²) in [6, 6.07) is 0.980. The summed E-state index contributed by atoms with van der Waals surface area (Å²) in [4.78, 5) is 2.89. The zero-order valence-corrected chi connectivity index (χ0v) is 12.7. The summed E-state index contributed by atoms with van der Waals surface area (Å²) < 4.78 is 63.7. The van der Waals surface area contributed by atoms with Crippen LogP contribution < -0.4 is 0 Å². The predicted molar refractivity (Wildman–Crippen MR) is 72.4 cm³/mol. The van der Waals surface area contributed by atoms with Gasteiger partial charge in [0, 0.05) is 12.7 Å². The van der Waals surface area contributed by atoms with Crippen molar-refractivity contribution in [2.24, 2.45) is 5.92 Å². The number of hydrogen-bond donors (Lipinski definition) is 1. The van der Waals surface area contributed by atoms with E-state index in [1.54, 1.807) is 0 Å². The van der Waals surface area contributed by atoms with Crippen LogP contribution in [0.3, 0.4) is 0 Å². The second-order valence-electron chi connectivity index (χ2n) is 5.36. The van der Waals surface area contributed by atoms with Crippen molar-refractivity contribution in [1.82, 2.24) is 9.29 Å². The molecule has 124 valence electrons. The molecule has 5 nitrogen and oxygen atoms in total. The minimum atomic E-state index is -4.62. The molecule has 0 unspecified atom stereocenters. The van der Waals surface area contributed by atoms with Crippen LogP contribution in [0.15, 0.2) is 23.2 Å². The fourth-order valence-electron chi connectivity index (χ4n) is 2.62. The number of pyridine rings is 1. The van der Waals surface area contributed by atoms with E-state index in [1.807, 2.05) is 6.92 Å². The van der Waals surface area contributed by atoms with Crippen molar-refractivity contribution in [2.75, 3.05) is 13.2 Å². The van der Waals surface area contributed by atoms with Gasteiger partial charge in [-0.3, -0.25) is 4.98 Å². The highest BCUT2D eigenvalue weighted by atomic mass is 32.2. The molecule has 1 aromatic rings. The number of sulfonamides is 1. The summed E-state index contributed by atoms with van der Waals surface area (Å²) in [5.74, 6) is -0.0177. The first-order valence-electron chi connectivity index (χ1n) is 6.84.